The molecule has 15 heavy (non-hydrogen) atoms. The fraction of sp³-hybridized carbons (Fsp3) is 0.667. The van der Waals surface area contributed by atoms with Crippen LogP contribution in [0.4, 0.5) is 0 Å². The van der Waals surface area contributed by atoms with Crippen molar-refractivity contribution in [2.24, 2.45) is 16.9 Å². The van der Waals surface area contributed by atoms with Gasteiger partial charge in [-0.15, -0.1) is 0 Å². The summed E-state index contributed by atoms with van der Waals surface area (Å²) in [6, 6.07) is 0. The number of nitrogens with one attached hydrogen (secondary N) is 1. The van der Waals surface area contributed by atoms with E-state index in [9.17, 15) is 9.59 Å². The number of amides is 2. The highest BCUT2D eigenvalue weighted by Gasteiger charge is 2.36. The highest BCUT2D eigenvalue weighted by molar-refractivity contribution is 7.80. The van der Waals surface area contributed by atoms with Crippen LogP contribution in [-0.2, 0) is 9.59 Å². The minimum Gasteiger partial charge on any atom is -0.392 e. The number of hydrogen-bond acceptors (Lipinski definition) is 3. The fourth-order valence-electron chi connectivity index (χ4n) is 0.614. The Morgan fingerprint density at radius 2 is 1.53 bits per heavy atom. The summed E-state index contributed by atoms with van der Waals surface area (Å²) in [5.41, 5.74) is 8.43. The molecule has 0 aromatic rings. The van der Waals surface area contributed by atoms with Gasteiger partial charge < -0.3 is 16.8 Å². The Balaban J connectivity index is 4.79. The third-order valence-corrected chi connectivity index (χ3v) is 2.74. The van der Waals surface area contributed by atoms with Crippen LogP contribution in [-0.4, -0.2) is 22.3 Å². The molecule has 5 nitrogen and oxygen atoms in total. The maximum absolute atomic E-state index is 11.7. The van der Waals surface area contributed by atoms with E-state index in [1.165, 1.54) is 13.8 Å². The second-order valence-electron chi connectivity index (χ2n) is 4.43. The zero-order valence-electron chi connectivity index (χ0n) is 9.38. The Morgan fingerprint density at radius 1 is 1.13 bits per heavy atom. The fourth-order valence-corrected chi connectivity index (χ4v) is 0.706. The molecule has 0 heterocycles. The average Bonchev–Trinajstić information content (AvgIpc) is 2.02. The molecular formula is C9H17N3O2S. The summed E-state index contributed by atoms with van der Waals surface area (Å²) in [6.45, 7) is 6.20. The summed E-state index contributed by atoms with van der Waals surface area (Å²) < 4.78 is 0. The number of hydrogen-bond donors (Lipinski definition) is 3. The normalized spacial score (nSPS) is 12.0. The van der Waals surface area contributed by atoms with E-state index >= 15 is 0 Å². The second kappa shape index (κ2) is 4.14. The van der Waals surface area contributed by atoms with E-state index in [4.69, 9.17) is 23.7 Å². The van der Waals surface area contributed by atoms with Crippen LogP contribution < -0.4 is 16.8 Å². The molecule has 86 valence electrons. The molecule has 2 amide bonds. The first-order valence-corrected chi connectivity index (χ1v) is 4.85. The molecule has 6 heteroatoms. The zero-order valence-corrected chi connectivity index (χ0v) is 10.2. The molecule has 0 atom stereocenters. The Morgan fingerprint density at radius 3 is 1.80 bits per heavy atom. The second-order valence-corrected chi connectivity index (χ2v) is 4.87. The van der Waals surface area contributed by atoms with Gasteiger partial charge in [-0.2, -0.15) is 0 Å². The first-order valence-electron chi connectivity index (χ1n) is 4.44. The largest absolute Gasteiger partial charge is 0.392 e. The summed E-state index contributed by atoms with van der Waals surface area (Å²) >= 11 is 4.76. The van der Waals surface area contributed by atoms with Gasteiger partial charge in [-0.3, -0.25) is 9.59 Å². The number of thiocarbonyl (C=S) groups is 1. The molecule has 0 radical (unpaired) electrons. The van der Waals surface area contributed by atoms with Crippen molar-refractivity contribution in [1.82, 2.24) is 5.32 Å². The summed E-state index contributed by atoms with van der Waals surface area (Å²) in [6.07, 6.45) is 0. The predicted octanol–water partition coefficient (Wildman–Crippen LogP) is -0.321. The molecular weight excluding hydrogens is 214 g/mol. The SMILES string of the molecule is CC(C)(NC(=O)C(C)(C)C(N)=S)C(N)=O. The molecule has 0 saturated heterocycles. The van der Waals surface area contributed by atoms with Gasteiger partial charge in [0.25, 0.3) is 0 Å². The van der Waals surface area contributed by atoms with Gasteiger partial charge >= 0.3 is 0 Å². The molecule has 0 bridgehead atoms. The molecule has 0 aliphatic rings. The van der Waals surface area contributed by atoms with Crippen molar-refractivity contribution in [3.8, 4) is 0 Å². The van der Waals surface area contributed by atoms with Gasteiger partial charge in [-0.25, -0.2) is 0 Å². The molecule has 0 aliphatic carbocycles. The Kier molecular flexibility index (Phi) is 3.82. The van der Waals surface area contributed by atoms with E-state index in [-0.39, 0.29) is 4.99 Å². The van der Waals surface area contributed by atoms with E-state index in [0.717, 1.165) is 0 Å². The van der Waals surface area contributed by atoms with Gasteiger partial charge in [-0.05, 0) is 27.7 Å². The molecule has 0 saturated carbocycles. The van der Waals surface area contributed by atoms with Crippen LogP contribution in [0.15, 0.2) is 0 Å². The third kappa shape index (κ3) is 3.16. The smallest absolute Gasteiger partial charge is 0.242 e. The van der Waals surface area contributed by atoms with Crippen LogP contribution in [0.25, 0.3) is 0 Å². The van der Waals surface area contributed by atoms with Crippen molar-refractivity contribution >= 4 is 29.0 Å². The Bertz CT molecular complexity index is 310. The monoisotopic (exact) mass is 231 g/mol. The van der Waals surface area contributed by atoms with E-state index in [2.05, 4.69) is 5.32 Å². The molecule has 0 unspecified atom stereocenters. The minimum atomic E-state index is -1.11. The predicted molar refractivity (Wildman–Crippen MR) is 62.0 cm³/mol. The number of nitrogens with two attached hydrogens (primary N) is 2. The highest BCUT2D eigenvalue weighted by Crippen LogP contribution is 2.17. The van der Waals surface area contributed by atoms with Crippen LogP contribution >= 0.6 is 12.2 Å². The van der Waals surface area contributed by atoms with E-state index < -0.39 is 22.8 Å². The lowest BCUT2D eigenvalue weighted by Crippen LogP contribution is -2.57. The van der Waals surface area contributed by atoms with Crippen molar-refractivity contribution < 1.29 is 9.59 Å². The number of primary amides is 1. The molecule has 0 rings (SSSR count). The lowest BCUT2D eigenvalue weighted by atomic mass is 9.90. The molecule has 0 aliphatic heterocycles. The maximum atomic E-state index is 11.7. The summed E-state index contributed by atoms with van der Waals surface area (Å²) in [7, 11) is 0. The topological polar surface area (TPSA) is 98.2 Å². The van der Waals surface area contributed by atoms with Crippen LogP contribution in [0.1, 0.15) is 27.7 Å². The Labute approximate surface area is 94.6 Å². The van der Waals surface area contributed by atoms with Crippen LogP contribution in [0.5, 0.6) is 0 Å². The summed E-state index contributed by atoms with van der Waals surface area (Å²) in [5, 5.41) is 2.50. The highest BCUT2D eigenvalue weighted by atomic mass is 32.1. The van der Waals surface area contributed by atoms with Crippen LogP contribution in [0, 0.1) is 5.41 Å². The molecule has 0 fully saturated rings. The number of carbonyl (C=O) groups excluding carboxylic acids is 2. The average molecular weight is 231 g/mol. The lowest BCUT2D eigenvalue weighted by Gasteiger charge is -2.29. The quantitative estimate of drug-likeness (QED) is 0.577. The van der Waals surface area contributed by atoms with Crippen molar-refractivity contribution in [2.45, 2.75) is 33.2 Å². The van der Waals surface area contributed by atoms with Crippen molar-refractivity contribution in [2.75, 3.05) is 0 Å². The summed E-state index contributed by atoms with van der Waals surface area (Å²) in [5.74, 6) is -1.03. The van der Waals surface area contributed by atoms with Crippen molar-refractivity contribution in [3.63, 3.8) is 0 Å². The van der Waals surface area contributed by atoms with Gasteiger partial charge in [0.15, 0.2) is 0 Å². The standard InChI is InChI=1S/C9H17N3O2S/c1-8(2,6(11)15)7(14)12-9(3,4)5(10)13/h1-4H3,(H2,10,13)(H2,11,15)(H,12,14). The van der Waals surface area contributed by atoms with Crippen molar-refractivity contribution in [1.29, 1.82) is 0 Å². The summed E-state index contributed by atoms with van der Waals surface area (Å²) in [4.78, 5) is 22.8. The van der Waals surface area contributed by atoms with Gasteiger partial charge in [0.2, 0.25) is 11.8 Å². The Hall–Kier alpha value is -1.17. The van der Waals surface area contributed by atoms with Gasteiger partial charge in [0, 0.05) is 0 Å². The van der Waals surface area contributed by atoms with Gasteiger partial charge in [0.05, 0.1) is 10.4 Å². The van der Waals surface area contributed by atoms with Crippen molar-refractivity contribution in [3.05, 3.63) is 0 Å². The molecule has 0 aromatic carbocycles. The maximum Gasteiger partial charge on any atom is 0.242 e. The van der Waals surface area contributed by atoms with Crippen LogP contribution in [0.3, 0.4) is 0 Å². The van der Waals surface area contributed by atoms with Gasteiger partial charge in [-0.1, -0.05) is 12.2 Å². The first kappa shape index (κ1) is 13.8. The molecule has 0 spiro atoms. The van der Waals surface area contributed by atoms with E-state index in [1.54, 1.807) is 13.8 Å². The molecule has 0 aromatic heterocycles. The lowest BCUT2D eigenvalue weighted by molar-refractivity contribution is -0.133. The number of rotatable bonds is 4. The third-order valence-electron chi connectivity index (χ3n) is 2.23. The van der Waals surface area contributed by atoms with Gasteiger partial charge in [0.1, 0.15) is 5.54 Å². The first-order chi connectivity index (χ1) is 6.51. The zero-order chi connectivity index (χ0) is 12.4. The van der Waals surface area contributed by atoms with Crippen LogP contribution in [0.2, 0.25) is 0 Å². The molecule has 5 N–H and O–H groups in total. The van der Waals surface area contributed by atoms with E-state index in [0.29, 0.717) is 0 Å². The minimum absolute atomic E-state index is 0.0697. The number of carbonyl (C=O) groups is 2. The van der Waals surface area contributed by atoms with E-state index in [1.807, 2.05) is 0 Å².